The molecule has 0 saturated carbocycles. The summed E-state index contributed by atoms with van der Waals surface area (Å²) in [5, 5.41) is 2.62. The molecule has 21 heavy (non-hydrogen) atoms. The third-order valence-corrected chi connectivity index (χ3v) is 4.42. The monoisotopic (exact) mass is 274 g/mol. The lowest BCUT2D eigenvalue weighted by atomic mass is 9.95. The van der Waals surface area contributed by atoms with Crippen LogP contribution < -0.4 is 0 Å². The number of fused-ring (bicyclic) bond motifs is 1. The first-order valence-electron chi connectivity index (χ1n) is 7.78. The molecule has 0 saturated heterocycles. The van der Waals surface area contributed by atoms with Crippen molar-refractivity contribution in [1.82, 2.24) is 0 Å². The van der Waals surface area contributed by atoms with E-state index in [4.69, 9.17) is 0 Å². The summed E-state index contributed by atoms with van der Waals surface area (Å²) in [4.78, 5) is 0. The zero-order valence-corrected chi connectivity index (χ0v) is 13.1. The van der Waals surface area contributed by atoms with Gasteiger partial charge >= 0.3 is 0 Å². The minimum Gasteiger partial charge on any atom is -0.0648 e. The maximum absolute atomic E-state index is 2.29. The Balaban J connectivity index is 1.98. The number of benzene rings is 3. The summed E-state index contributed by atoms with van der Waals surface area (Å²) in [6.45, 7) is 6.66. The topological polar surface area (TPSA) is 0 Å². The van der Waals surface area contributed by atoms with Gasteiger partial charge in [-0.05, 0) is 52.8 Å². The van der Waals surface area contributed by atoms with Gasteiger partial charge in [0.05, 0.1) is 0 Å². The van der Waals surface area contributed by atoms with Crippen LogP contribution in [0.1, 0.15) is 37.3 Å². The van der Waals surface area contributed by atoms with E-state index in [1.54, 1.807) is 0 Å². The van der Waals surface area contributed by atoms with Crippen molar-refractivity contribution in [2.24, 2.45) is 0 Å². The summed E-state index contributed by atoms with van der Waals surface area (Å²) < 4.78 is 0. The predicted octanol–water partition coefficient (Wildman–Crippen LogP) is 6.33. The second kappa shape index (κ2) is 5.73. The number of hydrogen-bond donors (Lipinski definition) is 0. The molecule has 3 rings (SSSR count). The average molecular weight is 274 g/mol. The van der Waals surface area contributed by atoms with Crippen LogP contribution in [0.5, 0.6) is 0 Å². The Morgan fingerprint density at radius 1 is 0.762 bits per heavy atom. The summed E-state index contributed by atoms with van der Waals surface area (Å²) in [5.74, 6) is 0.638. The van der Waals surface area contributed by atoms with E-state index in [-0.39, 0.29) is 0 Å². The molecule has 3 aromatic carbocycles. The maximum Gasteiger partial charge on any atom is -0.0178 e. The quantitative estimate of drug-likeness (QED) is 0.523. The Kier molecular flexibility index (Phi) is 3.79. The molecule has 1 unspecified atom stereocenters. The van der Waals surface area contributed by atoms with Crippen LogP contribution in [0.4, 0.5) is 0 Å². The summed E-state index contributed by atoms with van der Waals surface area (Å²) in [6.07, 6.45) is 1.19. The number of aryl methyl sites for hydroxylation is 1. The van der Waals surface area contributed by atoms with Crippen LogP contribution in [0.3, 0.4) is 0 Å². The highest BCUT2D eigenvalue weighted by atomic mass is 14.1. The van der Waals surface area contributed by atoms with Crippen LogP contribution in [0.25, 0.3) is 21.9 Å². The van der Waals surface area contributed by atoms with Gasteiger partial charge in [-0.1, -0.05) is 74.0 Å². The molecule has 0 fully saturated rings. The molecule has 0 heterocycles. The second-order valence-electron chi connectivity index (χ2n) is 6.00. The highest BCUT2D eigenvalue weighted by molar-refractivity contribution is 5.87. The molecule has 0 radical (unpaired) electrons. The van der Waals surface area contributed by atoms with Crippen LogP contribution >= 0.6 is 0 Å². The van der Waals surface area contributed by atoms with Crippen LogP contribution in [0.2, 0.25) is 0 Å². The van der Waals surface area contributed by atoms with Crippen molar-refractivity contribution in [3.63, 3.8) is 0 Å². The Labute approximate surface area is 127 Å². The summed E-state index contributed by atoms with van der Waals surface area (Å²) in [5.41, 5.74) is 5.33. The zero-order valence-electron chi connectivity index (χ0n) is 13.1. The molecular weight excluding hydrogens is 252 g/mol. The molecule has 0 N–H and O–H groups in total. The lowest BCUT2D eigenvalue weighted by molar-refractivity contribution is 0.734. The Bertz CT molecular complexity index is 751. The van der Waals surface area contributed by atoms with Crippen molar-refractivity contribution in [2.45, 2.75) is 33.1 Å². The van der Waals surface area contributed by atoms with Crippen molar-refractivity contribution in [2.75, 3.05) is 0 Å². The fraction of sp³-hybridized carbons (Fsp3) is 0.238. The molecule has 0 spiro atoms. The van der Waals surface area contributed by atoms with E-state index in [9.17, 15) is 0 Å². The smallest absolute Gasteiger partial charge is 0.0178 e. The molecule has 0 aliphatic heterocycles. The van der Waals surface area contributed by atoms with Crippen LogP contribution in [0, 0.1) is 6.92 Å². The van der Waals surface area contributed by atoms with E-state index in [0.717, 1.165) is 0 Å². The predicted molar refractivity (Wildman–Crippen MR) is 92.8 cm³/mol. The molecule has 0 bridgehead atoms. The second-order valence-corrected chi connectivity index (χ2v) is 6.00. The average Bonchev–Trinajstić information content (AvgIpc) is 2.53. The minimum atomic E-state index is 0.638. The Morgan fingerprint density at radius 2 is 1.38 bits per heavy atom. The van der Waals surface area contributed by atoms with Gasteiger partial charge in [-0.25, -0.2) is 0 Å². The van der Waals surface area contributed by atoms with Crippen LogP contribution in [-0.2, 0) is 0 Å². The van der Waals surface area contributed by atoms with Crippen molar-refractivity contribution in [3.05, 3.63) is 71.8 Å². The van der Waals surface area contributed by atoms with Gasteiger partial charge in [0, 0.05) is 0 Å². The summed E-state index contributed by atoms with van der Waals surface area (Å²) >= 11 is 0. The van der Waals surface area contributed by atoms with Crippen molar-refractivity contribution < 1.29 is 0 Å². The third kappa shape index (κ3) is 2.85. The molecule has 106 valence electrons. The summed E-state index contributed by atoms with van der Waals surface area (Å²) in [7, 11) is 0. The van der Waals surface area contributed by atoms with Crippen molar-refractivity contribution in [1.29, 1.82) is 0 Å². The molecule has 0 aliphatic carbocycles. The lowest BCUT2D eigenvalue weighted by Crippen LogP contribution is -1.90. The van der Waals surface area contributed by atoms with Gasteiger partial charge < -0.3 is 0 Å². The standard InChI is InChI=1S/C21H22/c1-4-16(3)17-7-9-18(10-8-17)20-12-11-19-13-15(2)5-6-21(19)14-20/h5-14,16H,4H2,1-3H3. The number of rotatable bonds is 3. The lowest BCUT2D eigenvalue weighted by Gasteiger charge is -2.10. The van der Waals surface area contributed by atoms with Gasteiger partial charge in [0.25, 0.3) is 0 Å². The molecule has 0 nitrogen and oxygen atoms in total. The molecule has 1 atom stereocenters. The van der Waals surface area contributed by atoms with E-state index in [0.29, 0.717) is 5.92 Å². The molecule has 0 heteroatoms. The molecular formula is C21H22. The SMILES string of the molecule is CCC(C)c1ccc(-c2ccc3cc(C)ccc3c2)cc1. The molecule has 0 amide bonds. The van der Waals surface area contributed by atoms with Crippen molar-refractivity contribution >= 4 is 10.8 Å². The van der Waals surface area contributed by atoms with Gasteiger partial charge in [0.1, 0.15) is 0 Å². The Morgan fingerprint density at radius 3 is 2.10 bits per heavy atom. The largest absolute Gasteiger partial charge is 0.0648 e. The molecule has 3 aromatic rings. The third-order valence-electron chi connectivity index (χ3n) is 4.42. The first-order chi connectivity index (χ1) is 10.2. The van der Waals surface area contributed by atoms with E-state index >= 15 is 0 Å². The van der Waals surface area contributed by atoms with Crippen LogP contribution in [-0.4, -0.2) is 0 Å². The van der Waals surface area contributed by atoms with Crippen LogP contribution in [0.15, 0.2) is 60.7 Å². The van der Waals surface area contributed by atoms with Gasteiger partial charge in [-0.2, -0.15) is 0 Å². The van der Waals surface area contributed by atoms with E-state index in [1.165, 1.54) is 39.4 Å². The fourth-order valence-corrected chi connectivity index (χ4v) is 2.78. The minimum absolute atomic E-state index is 0.638. The normalized spacial score (nSPS) is 12.5. The van der Waals surface area contributed by atoms with E-state index in [1.807, 2.05) is 0 Å². The van der Waals surface area contributed by atoms with Crippen molar-refractivity contribution in [3.8, 4) is 11.1 Å². The van der Waals surface area contributed by atoms with E-state index < -0.39 is 0 Å². The van der Waals surface area contributed by atoms with Gasteiger partial charge in [0.15, 0.2) is 0 Å². The van der Waals surface area contributed by atoms with Gasteiger partial charge in [-0.15, -0.1) is 0 Å². The van der Waals surface area contributed by atoms with E-state index in [2.05, 4.69) is 81.4 Å². The highest BCUT2D eigenvalue weighted by Crippen LogP contribution is 2.27. The van der Waals surface area contributed by atoms with Gasteiger partial charge in [0.2, 0.25) is 0 Å². The van der Waals surface area contributed by atoms with Gasteiger partial charge in [-0.3, -0.25) is 0 Å². The molecule has 0 aromatic heterocycles. The summed E-state index contributed by atoms with van der Waals surface area (Å²) in [6, 6.07) is 22.4. The maximum atomic E-state index is 2.29. The zero-order chi connectivity index (χ0) is 14.8. The molecule has 0 aliphatic rings. The number of hydrogen-bond acceptors (Lipinski definition) is 0. The first-order valence-corrected chi connectivity index (χ1v) is 7.78. The first kappa shape index (κ1) is 13.9. The fourth-order valence-electron chi connectivity index (χ4n) is 2.78. The highest BCUT2D eigenvalue weighted by Gasteiger charge is 2.04. The Hall–Kier alpha value is -2.08.